The minimum Gasteiger partial charge on any atom is -0.381 e. The van der Waals surface area contributed by atoms with E-state index in [0.29, 0.717) is 12.4 Å². The summed E-state index contributed by atoms with van der Waals surface area (Å²) in [5.41, 5.74) is 5.72. The van der Waals surface area contributed by atoms with Crippen molar-refractivity contribution >= 4 is 11.8 Å². The fourth-order valence-corrected chi connectivity index (χ4v) is 2.49. The Kier molecular flexibility index (Phi) is 4.42. The van der Waals surface area contributed by atoms with Gasteiger partial charge in [0.2, 0.25) is 5.89 Å². The fraction of sp³-hybridized carbons (Fsp3) is 0.818. The van der Waals surface area contributed by atoms with Crippen LogP contribution in [0.5, 0.6) is 0 Å². The van der Waals surface area contributed by atoms with E-state index in [0.717, 1.165) is 43.4 Å². The second kappa shape index (κ2) is 5.84. The number of nitrogens with zero attached hydrogens (tertiary/aromatic N) is 2. The lowest BCUT2D eigenvalue weighted by Crippen LogP contribution is -2.40. The van der Waals surface area contributed by atoms with E-state index in [1.54, 1.807) is 11.8 Å². The first-order valence-corrected chi connectivity index (χ1v) is 7.15. The molecule has 2 rings (SSSR count). The van der Waals surface area contributed by atoms with Crippen LogP contribution >= 0.6 is 11.8 Å². The Bertz CT molecular complexity index is 350. The quantitative estimate of drug-likeness (QED) is 0.857. The molecule has 2 heterocycles. The van der Waals surface area contributed by atoms with E-state index < -0.39 is 0 Å². The summed E-state index contributed by atoms with van der Waals surface area (Å²) in [7, 11) is 0. The van der Waals surface area contributed by atoms with Gasteiger partial charge in [-0.15, -0.1) is 0 Å². The number of hydrogen-bond acceptors (Lipinski definition) is 6. The third kappa shape index (κ3) is 2.81. The van der Waals surface area contributed by atoms with Crippen molar-refractivity contribution in [1.82, 2.24) is 10.1 Å². The largest absolute Gasteiger partial charge is 0.381 e. The first-order chi connectivity index (χ1) is 8.30. The molecule has 0 spiro atoms. The van der Waals surface area contributed by atoms with Crippen molar-refractivity contribution in [1.29, 1.82) is 0 Å². The molecule has 1 aromatic rings. The van der Waals surface area contributed by atoms with Crippen LogP contribution in [0.1, 0.15) is 31.5 Å². The summed E-state index contributed by atoms with van der Waals surface area (Å²) in [6, 6.07) is 0. The summed E-state index contributed by atoms with van der Waals surface area (Å²) < 4.78 is 10.8. The Morgan fingerprint density at radius 2 is 2.18 bits per heavy atom. The molecule has 1 aromatic heterocycles. The van der Waals surface area contributed by atoms with Gasteiger partial charge in [0.05, 0.1) is 11.2 Å². The Morgan fingerprint density at radius 1 is 1.41 bits per heavy atom. The molecule has 0 amide bonds. The molecule has 1 fully saturated rings. The molecule has 6 heteroatoms. The maximum absolute atomic E-state index is 5.89. The van der Waals surface area contributed by atoms with E-state index in [2.05, 4.69) is 17.1 Å². The first-order valence-electron chi connectivity index (χ1n) is 5.99. The van der Waals surface area contributed by atoms with Crippen LogP contribution in [0.2, 0.25) is 0 Å². The monoisotopic (exact) mass is 257 g/mol. The third-order valence-electron chi connectivity index (χ3n) is 3.20. The van der Waals surface area contributed by atoms with Gasteiger partial charge < -0.3 is 15.0 Å². The highest BCUT2D eigenvalue weighted by atomic mass is 32.2. The average Bonchev–Trinajstić information content (AvgIpc) is 2.86. The molecule has 0 aliphatic carbocycles. The van der Waals surface area contributed by atoms with Gasteiger partial charge in [0.1, 0.15) is 0 Å². The zero-order valence-corrected chi connectivity index (χ0v) is 11.0. The highest BCUT2D eigenvalue weighted by Gasteiger charge is 2.38. The van der Waals surface area contributed by atoms with Gasteiger partial charge in [-0.1, -0.05) is 12.1 Å². The molecule has 0 aromatic carbocycles. The lowest BCUT2D eigenvalue weighted by molar-refractivity contribution is 0.0409. The summed E-state index contributed by atoms with van der Waals surface area (Å²) in [4.78, 5) is 4.48. The molecular weight excluding hydrogens is 238 g/mol. The molecule has 0 radical (unpaired) electrons. The van der Waals surface area contributed by atoms with E-state index in [9.17, 15) is 0 Å². The maximum Gasteiger partial charge on any atom is 0.234 e. The molecular formula is C11H19N3O2S. The lowest BCUT2D eigenvalue weighted by atomic mass is 9.80. The predicted molar refractivity (Wildman–Crippen MR) is 66.9 cm³/mol. The van der Waals surface area contributed by atoms with Crippen LogP contribution in [0.3, 0.4) is 0 Å². The minimum absolute atomic E-state index is 0.166. The van der Waals surface area contributed by atoms with Gasteiger partial charge in [-0.05, 0) is 18.6 Å². The van der Waals surface area contributed by atoms with Crippen LogP contribution in [-0.4, -0.2) is 35.7 Å². The molecule has 0 saturated carbocycles. The highest BCUT2D eigenvalue weighted by Crippen LogP contribution is 2.32. The van der Waals surface area contributed by atoms with Gasteiger partial charge >= 0.3 is 0 Å². The summed E-state index contributed by atoms with van der Waals surface area (Å²) in [5.74, 6) is 3.32. The van der Waals surface area contributed by atoms with Crippen LogP contribution in [0.25, 0.3) is 0 Å². The molecule has 5 nitrogen and oxygen atoms in total. The smallest absolute Gasteiger partial charge is 0.234 e. The number of rotatable bonds is 5. The number of nitrogens with two attached hydrogens (primary N) is 1. The van der Waals surface area contributed by atoms with Crippen molar-refractivity contribution in [3.05, 3.63) is 11.7 Å². The van der Waals surface area contributed by atoms with Gasteiger partial charge in [0.15, 0.2) is 5.82 Å². The standard InChI is InChI=1S/C11H19N3O2S/c1-2-17-7-9-13-10(16-14-9)11(8-12)3-5-15-6-4-11/h2-8,12H2,1H3. The molecule has 1 saturated heterocycles. The molecule has 0 unspecified atom stereocenters. The minimum atomic E-state index is -0.166. The van der Waals surface area contributed by atoms with Gasteiger partial charge in [0.25, 0.3) is 0 Å². The van der Waals surface area contributed by atoms with Gasteiger partial charge in [-0.25, -0.2) is 0 Å². The van der Waals surface area contributed by atoms with Crippen molar-refractivity contribution in [3.8, 4) is 0 Å². The molecule has 17 heavy (non-hydrogen) atoms. The van der Waals surface area contributed by atoms with Crippen molar-refractivity contribution in [3.63, 3.8) is 0 Å². The SMILES string of the molecule is CCSCc1noc(C2(CN)CCOCC2)n1. The lowest BCUT2D eigenvalue weighted by Gasteiger charge is -2.32. The Hall–Kier alpha value is -0.590. The number of thioether (sulfide) groups is 1. The fourth-order valence-electron chi connectivity index (χ4n) is 1.99. The van der Waals surface area contributed by atoms with E-state index >= 15 is 0 Å². The van der Waals surface area contributed by atoms with Gasteiger partial charge in [-0.2, -0.15) is 16.7 Å². The second-order valence-corrected chi connectivity index (χ2v) is 5.52. The summed E-state index contributed by atoms with van der Waals surface area (Å²) >= 11 is 1.79. The van der Waals surface area contributed by atoms with E-state index in [1.165, 1.54) is 0 Å². The van der Waals surface area contributed by atoms with Crippen LogP contribution < -0.4 is 5.73 Å². The summed E-state index contributed by atoms with van der Waals surface area (Å²) in [5, 5.41) is 4.02. The van der Waals surface area contributed by atoms with Gasteiger partial charge in [0, 0.05) is 19.8 Å². The molecule has 96 valence electrons. The van der Waals surface area contributed by atoms with Crippen molar-refractivity contribution in [2.75, 3.05) is 25.5 Å². The Labute approximate surface area is 105 Å². The zero-order valence-electron chi connectivity index (χ0n) is 10.1. The molecule has 1 aliphatic rings. The first kappa shape index (κ1) is 12.9. The number of hydrogen-bond donors (Lipinski definition) is 1. The van der Waals surface area contributed by atoms with Crippen LogP contribution in [0.15, 0.2) is 4.52 Å². The Balaban J connectivity index is 2.10. The Morgan fingerprint density at radius 3 is 2.82 bits per heavy atom. The van der Waals surface area contributed by atoms with Crippen LogP contribution in [0.4, 0.5) is 0 Å². The van der Waals surface area contributed by atoms with Gasteiger partial charge in [-0.3, -0.25) is 0 Å². The van der Waals surface area contributed by atoms with E-state index in [-0.39, 0.29) is 5.41 Å². The van der Waals surface area contributed by atoms with Crippen molar-refractivity contribution in [2.24, 2.45) is 5.73 Å². The summed E-state index contributed by atoms with van der Waals surface area (Å²) in [6.07, 6.45) is 1.73. The summed E-state index contributed by atoms with van der Waals surface area (Å²) in [6.45, 7) is 4.10. The van der Waals surface area contributed by atoms with E-state index in [4.69, 9.17) is 15.0 Å². The van der Waals surface area contributed by atoms with Crippen molar-refractivity contribution < 1.29 is 9.26 Å². The van der Waals surface area contributed by atoms with E-state index in [1.807, 2.05) is 0 Å². The topological polar surface area (TPSA) is 74.2 Å². The van der Waals surface area contributed by atoms with Crippen LogP contribution in [-0.2, 0) is 15.9 Å². The molecule has 1 aliphatic heterocycles. The zero-order chi connectivity index (χ0) is 12.1. The third-order valence-corrected chi connectivity index (χ3v) is 4.07. The molecule has 2 N–H and O–H groups in total. The second-order valence-electron chi connectivity index (χ2n) is 4.25. The highest BCUT2D eigenvalue weighted by molar-refractivity contribution is 7.98. The number of aromatic nitrogens is 2. The normalized spacial score (nSPS) is 19.4. The van der Waals surface area contributed by atoms with Crippen LogP contribution in [0, 0.1) is 0 Å². The molecule has 0 atom stereocenters. The average molecular weight is 257 g/mol. The number of ether oxygens (including phenoxy) is 1. The molecule has 0 bridgehead atoms. The van der Waals surface area contributed by atoms with Crippen molar-refractivity contribution in [2.45, 2.75) is 30.9 Å². The maximum atomic E-state index is 5.89. The predicted octanol–water partition coefficient (Wildman–Crippen LogP) is 1.33.